The van der Waals surface area contributed by atoms with Crippen LogP contribution in [0.3, 0.4) is 0 Å². The highest BCUT2D eigenvalue weighted by Gasteiger charge is 2.31. The Balaban J connectivity index is 1.84. The summed E-state index contributed by atoms with van der Waals surface area (Å²) in [5.74, 6) is 2.02. The molecule has 0 saturated carbocycles. The summed E-state index contributed by atoms with van der Waals surface area (Å²) in [6.45, 7) is 9.38. The molecule has 3 nitrogen and oxygen atoms in total. The van der Waals surface area contributed by atoms with Gasteiger partial charge in [-0.3, -0.25) is 0 Å². The van der Waals surface area contributed by atoms with Gasteiger partial charge in [0.25, 0.3) is 0 Å². The lowest BCUT2D eigenvalue weighted by Gasteiger charge is -2.26. The minimum Gasteiger partial charge on any atom is -0.329 e. The summed E-state index contributed by atoms with van der Waals surface area (Å²) in [5, 5.41) is 0. The van der Waals surface area contributed by atoms with Crippen LogP contribution in [0, 0.1) is 0 Å². The average Bonchev–Trinajstić information content (AvgIpc) is 2.94. The highest BCUT2D eigenvalue weighted by atomic mass is 15.2. The monoisotopic (exact) mass is 247 g/mol. The zero-order chi connectivity index (χ0) is 12.7. The van der Waals surface area contributed by atoms with Crippen LogP contribution >= 0.6 is 0 Å². The van der Waals surface area contributed by atoms with Crippen molar-refractivity contribution in [2.45, 2.75) is 64.5 Å². The molecule has 100 valence electrons. The fourth-order valence-corrected chi connectivity index (χ4v) is 3.58. The van der Waals surface area contributed by atoms with Crippen LogP contribution in [0.25, 0.3) is 0 Å². The molecular formula is C15H25N3. The Morgan fingerprint density at radius 3 is 2.89 bits per heavy atom. The van der Waals surface area contributed by atoms with Crippen molar-refractivity contribution in [2.24, 2.45) is 0 Å². The molecule has 1 saturated heterocycles. The van der Waals surface area contributed by atoms with Crippen molar-refractivity contribution in [3.63, 3.8) is 0 Å². The van der Waals surface area contributed by atoms with E-state index in [1.54, 1.807) is 0 Å². The summed E-state index contributed by atoms with van der Waals surface area (Å²) < 4.78 is 2.54. The van der Waals surface area contributed by atoms with Gasteiger partial charge in [0.1, 0.15) is 5.82 Å². The SMILES string of the molecule is CC(C)N1CCC(c2ncc3n2C(C)CCC3)C1. The number of aryl methyl sites for hydroxylation is 1. The molecular weight excluding hydrogens is 222 g/mol. The maximum Gasteiger partial charge on any atom is 0.113 e. The second-order valence-corrected chi connectivity index (χ2v) is 6.29. The van der Waals surface area contributed by atoms with Crippen LogP contribution < -0.4 is 0 Å². The van der Waals surface area contributed by atoms with Crippen molar-refractivity contribution in [3.05, 3.63) is 17.7 Å². The first-order chi connectivity index (χ1) is 8.66. The fourth-order valence-electron chi connectivity index (χ4n) is 3.58. The second-order valence-electron chi connectivity index (χ2n) is 6.29. The van der Waals surface area contributed by atoms with Gasteiger partial charge in [0, 0.05) is 36.4 Å². The van der Waals surface area contributed by atoms with Gasteiger partial charge >= 0.3 is 0 Å². The summed E-state index contributed by atoms with van der Waals surface area (Å²) in [6, 6.07) is 1.32. The lowest BCUT2D eigenvalue weighted by atomic mass is 10.0. The Kier molecular flexibility index (Phi) is 3.18. The molecule has 2 aliphatic rings. The van der Waals surface area contributed by atoms with Gasteiger partial charge in [-0.25, -0.2) is 4.98 Å². The molecule has 0 aliphatic carbocycles. The Bertz CT molecular complexity index is 421. The quantitative estimate of drug-likeness (QED) is 0.801. The van der Waals surface area contributed by atoms with Crippen molar-refractivity contribution in [1.29, 1.82) is 0 Å². The van der Waals surface area contributed by atoms with Crippen LogP contribution in [0.4, 0.5) is 0 Å². The van der Waals surface area contributed by atoms with Crippen LogP contribution in [0.2, 0.25) is 0 Å². The predicted molar refractivity (Wildman–Crippen MR) is 73.9 cm³/mol. The molecule has 1 aromatic heterocycles. The molecule has 18 heavy (non-hydrogen) atoms. The molecule has 3 rings (SSSR count). The fraction of sp³-hybridized carbons (Fsp3) is 0.800. The van der Waals surface area contributed by atoms with Crippen molar-refractivity contribution in [3.8, 4) is 0 Å². The van der Waals surface area contributed by atoms with E-state index in [0.717, 1.165) is 0 Å². The van der Waals surface area contributed by atoms with Crippen molar-refractivity contribution < 1.29 is 0 Å². The third-order valence-corrected chi connectivity index (χ3v) is 4.71. The number of hydrogen-bond acceptors (Lipinski definition) is 2. The second kappa shape index (κ2) is 4.69. The van der Waals surface area contributed by atoms with Crippen molar-refractivity contribution in [2.75, 3.05) is 13.1 Å². The Morgan fingerprint density at radius 1 is 1.33 bits per heavy atom. The number of rotatable bonds is 2. The van der Waals surface area contributed by atoms with E-state index < -0.39 is 0 Å². The van der Waals surface area contributed by atoms with Gasteiger partial charge in [0.2, 0.25) is 0 Å². The zero-order valence-electron chi connectivity index (χ0n) is 11.9. The Labute approximate surface area is 110 Å². The van der Waals surface area contributed by atoms with E-state index in [4.69, 9.17) is 4.98 Å². The van der Waals surface area contributed by atoms with Crippen LogP contribution in [-0.4, -0.2) is 33.6 Å². The van der Waals surface area contributed by atoms with Gasteiger partial charge in [-0.1, -0.05) is 0 Å². The first-order valence-electron chi connectivity index (χ1n) is 7.47. The molecule has 0 bridgehead atoms. The van der Waals surface area contributed by atoms with E-state index >= 15 is 0 Å². The number of fused-ring (bicyclic) bond motifs is 1. The topological polar surface area (TPSA) is 21.1 Å². The molecule has 2 unspecified atom stereocenters. The predicted octanol–water partition coefficient (Wildman–Crippen LogP) is 2.98. The molecule has 3 heteroatoms. The molecule has 3 heterocycles. The average molecular weight is 247 g/mol. The molecule has 0 radical (unpaired) electrons. The maximum absolute atomic E-state index is 4.76. The van der Waals surface area contributed by atoms with Gasteiger partial charge < -0.3 is 9.47 Å². The number of nitrogens with zero attached hydrogens (tertiary/aromatic N) is 3. The lowest BCUT2D eigenvalue weighted by molar-refractivity contribution is 0.270. The van der Waals surface area contributed by atoms with Gasteiger partial charge in [-0.05, 0) is 53.0 Å². The maximum atomic E-state index is 4.76. The van der Waals surface area contributed by atoms with Gasteiger partial charge in [0.15, 0.2) is 0 Å². The molecule has 0 aromatic carbocycles. The molecule has 0 amide bonds. The molecule has 0 N–H and O–H groups in total. The summed E-state index contributed by atoms with van der Waals surface area (Å²) in [4.78, 5) is 7.34. The highest BCUT2D eigenvalue weighted by molar-refractivity contribution is 5.15. The van der Waals surface area contributed by atoms with E-state index in [0.29, 0.717) is 18.0 Å². The van der Waals surface area contributed by atoms with Crippen molar-refractivity contribution in [1.82, 2.24) is 14.5 Å². The molecule has 2 atom stereocenters. The molecule has 1 aromatic rings. The van der Waals surface area contributed by atoms with Gasteiger partial charge in [-0.2, -0.15) is 0 Å². The number of hydrogen-bond donors (Lipinski definition) is 0. The summed E-state index contributed by atoms with van der Waals surface area (Å²) in [5.41, 5.74) is 1.46. The van der Waals surface area contributed by atoms with Crippen LogP contribution in [0.15, 0.2) is 6.20 Å². The van der Waals surface area contributed by atoms with Crippen molar-refractivity contribution >= 4 is 0 Å². The van der Waals surface area contributed by atoms with Crippen LogP contribution in [0.1, 0.15) is 63.5 Å². The van der Waals surface area contributed by atoms with Gasteiger partial charge in [-0.15, -0.1) is 0 Å². The summed E-state index contributed by atoms with van der Waals surface area (Å²) in [6.07, 6.45) is 7.27. The lowest BCUT2D eigenvalue weighted by Crippen LogP contribution is -2.28. The third kappa shape index (κ3) is 1.99. The minimum atomic E-state index is 0.652. The normalized spacial score (nSPS) is 28.9. The van der Waals surface area contributed by atoms with E-state index in [9.17, 15) is 0 Å². The zero-order valence-corrected chi connectivity index (χ0v) is 11.9. The molecule has 0 spiro atoms. The largest absolute Gasteiger partial charge is 0.329 e. The smallest absolute Gasteiger partial charge is 0.113 e. The number of likely N-dealkylation sites (tertiary alicyclic amines) is 1. The van der Waals surface area contributed by atoms with Crippen LogP contribution in [0.5, 0.6) is 0 Å². The van der Waals surface area contributed by atoms with Gasteiger partial charge in [0.05, 0.1) is 0 Å². The Morgan fingerprint density at radius 2 is 2.17 bits per heavy atom. The Hall–Kier alpha value is -0.830. The molecule has 2 aliphatic heterocycles. The first kappa shape index (κ1) is 12.2. The van der Waals surface area contributed by atoms with E-state index in [1.165, 1.54) is 50.3 Å². The van der Waals surface area contributed by atoms with E-state index in [-0.39, 0.29) is 0 Å². The first-order valence-corrected chi connectivity index (χ1v) is 7.47. The highest BCUT2D eigenvalue weighted by Crippen LogP contribution is 2.33. The van der Waals surface area contributed by atoms with E-state index in [1.807, 2.05) is 0 Å². The number of aromatic nitrogens is 2. The standard InChI is InChI=1S/C15H25N3/c1-11(2)17-8-7-13(10-17)15-16-9-14-6-4-5-12(3)18(14)15/h9,11-13H,4-8,10H2,1-3H3. The third-order valence-electron chi connectivity index (χ3n) is 4.71. The van der Waals surface area contributed by atoms with E-state index in [2.05, 4.69) is 36.4 Å². The minimum absolute atomic E-state index is 0.652. The molecule has 1 fully saturated rings. The summed E-state index contributed by atoms with van der Waals surface area (Å²) >= 11 is 0. The summed E-state index contributed by atoms with van der Waals surface area (Å²) in [7, 11) is 0. The number of imidazole rings is 1. The van der Waals surface area contributed by atoms with Crippen LogP contribution in [-0.2, 0) is 6.42 Å².